The van der Waals surface area contributed by atoms with E-state index in [0.717, 1.165) is 22.7 Å². The second-order valence-corrected chi connectivity index (χ2v) is 9.03. The zero-order valence-corrected chi connectivity index (χ0v) is 20.0. The van der Waals surface area contributed by atoms with Crippen molar-refractivity contribution in [2.45, 2.75) is 58.7 Å². The van der Waals surface area contributed by atoms with Gasteiger partial charge >= 0.3 is 0 Å². The number of amidine groups is 2. The molecule has 2 heterocycles. The van der Waals surface area contributed by atoms with Gasteiger partial charge in [-0.05, 0) is 52.3 Å². The third kappa shape index (κ3) is 5.92. The van der Waals surface area contributed by atoms with Gasteiger partial charge in [-0.15, -0.1) is 0 Å². The van der Waals surface area contributed by atoms with Gasteiger partial charge < -0.3 is 26.2 Å². The van der Waals surface area contributed by atoms with Gasteiger partial charge in [-0.1, -0.05) is 6.07 Å². The quantitative estimate of drug-likeness (QED) is 0.440. The van der Waals surface area contributed by atoms with E-state index in [4.69, 9.17) is 26.6 Å². The molecule has 0 saturated heterocycles. The Hall–Kier alpha value is -3.33. The number of ether oxygens (including phenoxy) is 1. The van der Waals surface area contributed by atoms with Gasteiger partial charge in [0.25, 0.3) is 0 Å². The number of nitrogens with two attached hydrogens (primary N) is 2. The number of hydrogen-bond donors (Lipinski definition) is 3. The molecule has 1 aliphatic rings. The molecule has 0 saturated carbocycles. The van der Waals surface area contributed by atoms with E-state index in [0.29, 0.717) is 37.1 Å². The molecular weight excluding hydrogens is 416 g/mol. The van der Waals surface area contributed by atoms with Gasteiger partial charge in [0.15, 0.2) is 5.84 Å². The number of rotatable bonds is 7. The van der Waals surface area contributed by atoms with Crippen LogP contribution in [0, 0.1) is 5.41 Å². The summed E-state index contributed by atoms with van der Waals surface area (Å²) in [4.78, 5) is 18.4. The van der Waals surface area contributed by atoms with Crippen LogP contribution in [0.2, 0.25) is 0 Å². The summed E-state index contributed by atoms with van der Waals surface area (Å²) in [5.41, 5.74) is 13.7. The summed E-state index contributed by atoms with van der Waals surface area (Å²) in [6.07, 6.45) is 5.09. The maximum atomic E-state index is 7.88. The average molecular weight is 451 g/mol. The zero-order valence-electron chi connectivity index (χ0n) is 20.0. The van der Waals surface area contributed by atoms with Crippen molar-refractivity contribution >= 4 is 24.1 Å². The summed E-state index contributed by atoms with van der Waals surface area (Å²) in [7, 11) is 0. The Morgan fingerprint density at radius 2 is 2.12 bits per heavy atom. The second kappa shape index (κ2) is 10.1. The van der Waals surface area contributed by atoms with Crippen LogP contribution in [0.5, 0.6) is 5.75 Å². The molecule has 0 fully saturated rings. The first-order chi connectivity index (χ1) is 15.6. The molecule has 0 radical (unpaired) electrons. The number of hydrogen-bond acceptors (Lipinski definition) is 6. The van der Waals surface area contributed by atoms with E-state index in [9.17, 15) is 0 Å². The molecule has 3 rings (SSSR count). The van der Waals surface area contributed by atoms with Gasteiger partial charge in [0.2, 0.25) is 0 Å². The molecule has 33 heavy (non-hydrogen) atoms. The maximum Gasteiger partial charge on any atom is 0.177 e. The molecule has 1 unspecified atom stereocenters. The Balaban J connectivity index is 2.01. The fraction of sp³-hybridized carbons (Fsp3) is 0.458. The highest BCUT2D eigenvalue weighted by atomic mass is 16.5. The van der Waals surface area contributed by atoms with Crippen LogP contribution < -0.4 is 16.2 Å². The van der Waals surface area contributed by atoms with Crippen LogP contribution in [0.15, 0.2) is 39.4 Å². The summed E-state index contributed by atoms with van der Waals surface area (Å²) in [5.74, 6) is 2.20. The lowest BCUT2D eigenvalue weighted by Crippen LogP contribution is -2.28. The van der Waals surface area contributed by atoms with Crippen LogP contribution in [-0.2, 0) is 6.54 Å². The largest absolute Gasteiger partial charge is 0.491 e. The molecule has 1 atom stereocenters. The van der Waals surface area contributed by atoms with Crippen molar-refractivity contribution in [3.8, 4) is 17.1 Å². The van der Waals surface area contributed by atoms with E-state index < -0.39 is 0 Å². The van der Waals surface area contributed by atoms with E-state index in [1.807, 2.05) is 52.1 Å². The Bertz CT molecular complexity index is 1090. The molecular formula is C24H34N8O. The Labute approximate surface area is 195 Å². The highest BCUT2D eigenvalue weighted by Gasteiger charge is 2.22. The summed E-state index contributed by atoms with van der Waals surface area (Å²) >= 11 is 0. The van der Waals surface area contributed by atoms with Gasteiger partial charge in [0.05, 0.1) is 29.4 Å². The van der Waals surface area contributed by atoms with Crippen molar-refractivity contribution in [1.82, 2.24) is 9.55 Å². The number of benzene rings is 1. The minimum absolute atomic E-state index is 0.0618. The van der Waals surface area contributed by atoms with E-state index in [1.54, 1.807) is 13.1 Å². The van der Waals surface area contributed by atoms with E-state index in [-0.39, 0.29) is 17.5 Å². The number of nitrogens with zero attached hydrogens (tertiary/aromatic N) is 5. The van der Waals surface area contributed by atoms with Crippen molar-refractivity contribution in [2.75, 3.05) is 13.2 Å². The topological polar surface area (TPSA) is 140 Å². The minimum Gasteiger partial charge on any atom is -0.491 e. The van der Waals surface area contributed by atoms with E-state index in [1.165, 1.54) is 6.21 Å². The fourth-order valence-electron chi connectivity index (χ4n) is 3.34. The summed E-state index contributed by atoms with van der Waals surface area (Å²) in [6, 6.07) is 5.98. The van der Waals surface area contributed by atoms with Crippen molar-refractivity contribution in [3.63, 3.8) is 0 Å². The second-order valence-electron chi connectivity index (χ2n) is 9.03. The highest BCUT2D eigenvalue weighted by Crippen LogP contribution is 2.34. The molecule has 0 amide bonds. The maximum absolute atomic E-state index is 7.88. The first-order valence-corrected chi connectivity index (χ1v) is 11.1. The van der Waals surface area contributed by atoms with Gasteiger partial charge in [-0.25, -0.2) is 9.98 Å². The molecule has 176 valence electrons. The molecule has 0 spiro atoms. The fourth-order valence-corrected chi connectivity index (χ4v) is 3.34. The number of fused-ring (bicyclic) bond motifs is 3. The van der Waals surface area contributed by atoms with Crippen LogP contribution >= 0.6 is 0 Å². The smallest absolute Gasteiger partial charge is 0.177 e. The Morgan fingerprint density at radius 3 is 2.76 bits per heavy atom. The molecule has 2 aromatic rings. The lowest BCUT2D eigenvalue weighted by molar-refractivity contribution is 0.306. The zero-order chi connectivity index (χ0) is 24.2. The van der Waals surface area contributed by atoms with Crippen molar-refractivity contribution in [2.24, 2.45) is 26.4 Å². The predicted molar refractivity (Wildman–Crippen MR) is 135 cm³/mol. The number of nitrogens with one attached hydrogen (secondary N) is 1. The van der Waals surface area contributed by atoms with Crippen molar-refractivity contribution in [1.29, 1.82) is 5.41 Å². The monoisotopic (exact) mass is 450 g/mol. The standard InChI is InChI=1S/C24H34N8O/c1-15(2)29-22(30-16(3)27)20-13-32-8-9-33-21-10-17(6-7-19(21)23(32)31-20)18(11-25)12-28-24(4,5)14-26/h6-7,10-13,15,18,25H,8-9,14,26H2,1-5H3,(H2,27,29,30). The SMILES string of the molecule is CC(N)=NC(=NC(C)C)c1cn2c(n1)-c1ccc(C(C=N)C=NC(C)(C)CN)cc1OCC2. The number of aliphatic imine (C=N–C) groups is 3. The van der Waals surface area contributed by atoms with E-state index >= 15 is 0 Å². The molecule has 0 aliphatic carbocycles. The lowest BCUT2D eigenvalue weighted by Gasteiger charge is -2.18. The Kier molecular flexibility index (Phi) is 7.43. The van der Waals surface area contributed by atoms with Gasteiger partial charge in [0.1, 0.15) is 23.9 Å². The van der Waals surface area contributed by atoms with Crippen LogP contribution in [0.3, 0.4) is 0 Å². The highest BCUT2D eigenvalue weighted by molar-refractivity contribution is 6.04. The average Bonchev–Trinajstić information content (AvgIpc) is 3.09. The first-order valence-electron chi connectivity index (χ1n) is 11.1. The van der Waals surface area contributed by atoms with Crippen molar-refractivity contribution in [3.05, 3.63) is 35.7 Å². The van der Waals surface area contributed by atoms with Crippen LogP contribution in [0.4, 0.5) is 0 Å². The molecule has 1 aromatic heterocycles. The molecule has 0 bridgehead atoms. The summed E-state index contributed by atoms with van der Waals surface area (Å²) in [6.45, 7) is 11.2. The molecule has 5 N–H and O–H groups in total. The number of aromatic nitrogens is 2. The van der Waals surface area contributed by atoms with E-state index in [2.05, 4.69) is 19.5 Å². The predicted octanol–water partition coefficient (Wildman–Crippen LogP) is 3.02. The molecule has 1 aromatic carbocycles. The first kappa shape index (κ1) is 24.3. The van der Waals surface area contributed by atoms with Crippen molar-refractivity contribution < 1.29 is 4.74 Å². The van der Waals surface area contributed by atoms with Crippen LogP contribution in [0.25, 0.3) is 11.4 Å². The normalized spacial score (nSPS) is 15.7. The molecule has 9 heteroatoms. The number of imidazole rings is 1. The third-order valence-corrected chi connectivity index (χ3v) is 5.15. The summed E-state index contributed by atoms with van der Waals surface area (Å²) in [5, 5.41) is 7.88. The van der Waals surface area contributed by atoms with Crippen LogP contribution in [0.1, 0.15) is 51.8 Å². The van der Waals surface area contributed by atoms with Gasteiger partial charge in [0, 0.05) is 31.2 Å². The summed E-state index contributed by atoms with van der Waals surface area (Å²) < 4.78 is 8.10. The van der Waals surface area contributed by atoms with Gasteiger partial charge in [-0.3, -0.25) is 9.98 Å². The minimum atomic E-state index is -0.371. The van der Waals surface area contributed by atoms with Gasteiger partial charge in [-0.2, -0.15) is 0 Å². The third-order valence-electron chi connectivity index (χ3n) is 5.15. The molecule has 1 aliphatic heterocycles. The Morgan fingerprint density at radius 1 is 1.36 bits per heavy atom. The molecule has 9 nitrogen and oxygen atoms in total. The lowest BCUT2D eigenvalue weighted by atomic mass is 9.98. The van der Waals surface area contributed by atoms with Crippen LogP contribution in [-0.4, -0.2) is 58.4 Å².